The van der Waals surface area contributed by atoms with Gasteiger partial charge in [-0.2, -0.15) is 26.3 Å². The van der Waals surface area contributed by atoms with Crippen LogP contribution in [0.5, 0.6) is 0 Å². The predicted octanol–water partition coefficient (Wildman–Crippen LogP) is 3.63. The standard InChI is InChI=1S/C20H31N3O2.2C2HF3O2/c1-16(2)23-15-20(13-18(23)14-25-3)7-10-22(11-8-20)19(24)12-17-6-4-5-9-21-17;2*3-2(4,5)1(6)7/h4-6,9,16,18H,7-8,10-15H2,1-3H3;2*(H,6,7). The molecule has 0 saturated carbocycles. The number of carbonyl (C=O) groups is 3. The van der Waals surface area contributed by atoms with Crippen LogP contribution in [0.4, 0.5) is 26.3 Å². The number of carboxylic acid groups (broad SMARTS) is 2. The van der Waals surface area contributed by atoms with E-state index in [2.05, 4.69) is 23.7 Å². The number of likely N-dealkylation sites (tertiary alicyclic amines) is 2. The molecule has 1 aromatic rings. The minimum absolute atomic E-state index is 0.209. The lowest BCUT2D eigenvalue weighted by Gasteiger charge is -2.39. The monoisotopic (exact) mass is 573 g/mol. The van der Waals surface area contributed by atoms with E-state index < -0.39 is 24.3 Å². The summed E-state index contributed by atoms with van der Waals surface area (Å²) in [5.41, 5.74) is 1.22. The van der Waals surface area contributed by atoms with Crippen LogP contribution in [0.3, 0.4) is 0 Å². The number of pyridine rings is 1. The molecule has 15 heteroatoms. The molecule has 3 heterocycles. The van der Waals surface area contributed by atoms with E-state index in [1.54, 1.807) is 13.3 Å². The van der Waals surface area contributed by atoms with E-state index in [0.717, 1.165) is 44.8 Å². The van der Waals surface area contributed by atoms with Crippen molar-refractivity contribution < 1.29 is 55.7 Å². The van der Waals surface area contributed by atoms with E-state index >= 15 is 0 Å². The van der Waals surface area contributed by atoms with Crippen LogP contribution in [-0.4, -0.2) is 101 Å². The highest BCUT2D eigenvalue weighted by Crippen LogP contribution is 2.44. The SMILES string of the molecule is COCC1CC2(CCN(C(=O)Cc3ccccn3)CC2)CN1C(C)C.O=C(O)C(F)(F)F.O=C(O)C(F)(F)F. The van der Waals surface area contributed by atoms with Crippen LogP contribution in [0.15, 0.2) is 24.4 Å². The number of alkyl halides is 6. The number of hydrogen-bond acceptors (Lipinski definition) is 6. The summed E-state index contributed by atoms with van der Waals surface area (Å²) in [5.74, 6) is -5.30. The van der Waals surface area contributed by atoms with Crippen molar-refractivity contribution in [2.75, 3.05) is 33.4 Å². The normalized spacial score (nSPS) is 19.1. The molecule has 0 aliphatic carbocycles. The Balaban J connectivity index is 0.000000449. The summed E-state index contributed by atoms with van der Waals surface area (Å²) in [6.45, 7) is 8.23. The van der Waals surface area contributed by atoms with Crippen LogP contribution in [-0.2, 0) is 25.5 Å². The average molecular weight is 574 g/mol. The zero-order chi connectivity index (χ0) is 30.0. The molecule has 3 rings (SSSR count). The largest absolute Gasteiger partial charge is 0.490 e. The molecule has 0 radical (unpaired) electrons. The zero-order valence-electron chi connectivity index (χ0n) is 21.8. The Morgan fingerprint density at radius 3 is 1.95 bits per heavy atom. The van der Waals surface area contributed by atoms with Gasteiger partial charge in [-0.3, -0.25) is 14.7 Å². The number of nitrogens with zero attached hydrogens (tertiary/aromatic N) is 3. The van der Waals surface area contributed by atoms with Gasteiger partial charge in [0.2, 0.25) is 5.91 Å². The summed E-state index contributed by atoms with van der Waals surface area (Å²) >= 11 is 0. The first-order valence-electron chi connectivity index (χ1n) is 11.9. The topological polar surface area (TPSA) is 120 Å². The van der Waals surface area contributed by atoms with Gasteiger partial charge in [-0.1, -0.05) is 6.07 Å². The number of aromatic nitrogens is 1. The molecule has 222 valence electrons. The van der Waals surface area contributed by atoms with Gasteiger partial charge in [0, 0.05) is 50.7 Å². The fourth-order valence-corrected chi connectivity index (χ4v) is 4.51. The third-order valence-corrected chi connectivity index (χ3v) is 6.40. The van der Waals surface area contributed by atoms with E-state index in [1.807, 2.05) is 23.1 Å². The van der Waals surface area contributed by atoms with Gasteiger partial charge in [-0.15, -0.1) is 0 Å². The number of carboxylic acids is 2. The number of carbonyl (C=O) groups excluding carboxylic acids is 1. The quantitative estimate of drug-likeness (QED) is 0.513. The van der Waals surface area contributed by atoms with Crippen LogP contribution >= 0.6 is 0 Å². The second-order valence-corrected chi connectivity index (χ2v) is 9.56. The van der Waals surface area contributed by atoms with Crippen molar-refractivity contribution in [1.82, 2.24) is 14.8 Å². The summed E-state index contributed by atoms with van der Waals surface area (Å²) in [5, 5.41) is 14.2. The summed E-state index contributed by atoms with van der Waals surface area (Å²) in [6.07, 6.45) is -4.60. The molecule has 1 spiro atoms. The highest BCUT2D eigenvalue weighted by molar-refractivity contribution is 5.78. The molecule has 0 bridgehead atoms. The molecule has 2 N–H and O–H groups in total. The lowest BCUT2D eigenvalue weighted by atomic mass is 9.76. The lowest BCUT2D eigenvalue weighted by molar-refractivity contribution is -0.193. The van der Waals surface area contributed by atoms with E-state index in [-0.39, 0.29) is 5.91 Å². The third kappa shape index (κ3) is 11.4. The lowest BCUT2D eigenvalue weighted by Crippen LogP contribution is -2.45. The second-order valence-electron chi connectivity index (χ2n) is 9.56. The molecular formula is C24H33F6N3O6. The van der Waals surface area contributed by atoms with E-state index in [1.165, 1.54) is 6.42 Å². The molecule has 1 amide bonds. The smallest absolute Gasteiger partial charge is 0.475 e. The Bertz CT molecular complexity index is 911. The molecule has 1 aromatic heterocycles. The molecule has 1 atom stereocenters. The van der Waals surface area contributed by atoms with Gasteiger partial charge in [0.15, 0.2) is 0 Å². The molecule has 0 aromatic carbocycles. The molecular weight excluding hydrogens is 540 g/mol. The molecule has 39 heavy (non-hydrogen) atoms. The molecule has 2 fully saturated rings. The Labute approximate surface area is 221 Å². The first-order chi connectivity index (χ1) is 17.9. The summed E-state index contributed by atoms with van der Waals surface area (Å²) in [4.78, 5) is 39.3. The first-order valence-corrected chi connectivity index (χ1v) is 11.9. The van der Waals surface area contributed by atoms with E-state index in [0.29, 0.717) is 23.9 Å². The Morgan fingerprint density at radius 2 is 1.56 bits per heavy atom. The third-order valence-electron chi connectivity index (χ3n) is 6.40. The maximum Gasteiger partial charge on any atom is 0.490 e. The van der Waals surface area contributed by atoms with Crippen molar-refractivity contribution in [2.45, 2.75) is 64.0 Å². The van der Waals surface area contributed by atoms with Crippen LogP contribution in [0.25, 0.3) is 0 Å². The molecule has 2 aliphatic heterocycles. The van der Waals surface area contributed by atoms with Gasteiger partial charge in [-0.25, -0.2) is 9.59 Å². The maximum absolute atomic E-state index is 12.6. The van der Waals surface area contributed by atoms with Crippen molar-refractivity contribution in [3.8, 4) is 0 Å². The van der Waals surface area contributed by atoms with Gasteiger partial charge >= 0.3 is 24.3 Å². The van der Waals surface area contributed by atoms with Crippen molar-refractivity contribution in [3.63, 3.8) is 0 Å². The predicted molar refractivity (Wildman–Crippen MR) is 126 cm³/mol. The minimum atomic E-state index is -5.08. The summed E-state index contributed by atoms with van der Waals surface area (Å²) in [7, 11) is 1.79. The van der Waals surface area contributed by atoms with Gasteiger partial charge in [0.25, 0.3) is 0 Å². The van der Waals surface area contributed by atoms with Crippen LogP contribution in [0.1, 0.15) is 38.8 Å². The number of amides is 1. The Kier molecular flexibility index (Phi) is 12.6. The molecule has 2 saturated heterocycles. The van der Waals surface area contributed by atoms with Gasteiger partial charge in [0.1, 0.15) is 0 Å². The van der Waals surface area contributed by atoms with Crippen molar-refractivity contribution >= 4 is 17.8 Å². The summed E-state index contributed by atoms with van der Waals surface area (Å²) in [6, 6.07) is 6.81. The van der Waals surface area contributed by atoms with Crippen LogP contribution in [0.2, 0.25) is 0 Å². The number of methoxy groups -OCH3 is 1. The number of aliphatic carboxylic acids is 2. The average Bonchev–Trinajstić information content (AvgIpc) is 3.18. The first kappa shape index (κ1) is 34.1. The Hall–Kier alpha value is -2.94. The van der Waals surface area contributed by atoms with Crippen molar-refractivity contribution in [1.29, 1.82) is 0 Å². The van der Waals surface area contributed by atoms with Crippen LogP contribution < -0.4 is 0 Å². The fraction of sp³-hybridized carbons (Fsp3) is 0.667. The highest BCUT2D eigenvalue weighted by Gasteiger charge is 2.46. The number of hydrogen-bond donors (Lipinski definition) is 2. The number of piperidine rings is 1. The zero-order valence-corrected chi connectivity index (χ0v) is 21.8. The van der Waals surface area contributed by atoms with Crippen LogP contribution in [0, 0.1) is 5.41 Å². The van der Waals surface area contributed by atoms with Crippen molar-refractivity contribution in [2.24, 2.45) is 5.41 Å². The van der Waals surface area contributed by atoms with Gasteiger partial charge in [-0.05, 0) is 50.7 Å². The Morgan fingerprint density at radius 1 is 1.05 bits per heavy atom. The second kappa shape index (κ2) is 14.4. The highest BCUT2D eigenvalue weighted by atomic mass is 19.4. The maximum atomic E-state index is 12.6. The summed E-state index contributed by atoms with van der Waals surface area (Å²) < 4.78 is 68.9. The van der Waals surface area contributed by atoms with E-state index in [4.69, 9.17) is 24.5 Å². The number of rotatable bonds is 5. The molecule has 1 unspecified atom stereocenters. The number of ether oxygens (including phenoxy) is 1. The molecule has 2 aliphatic rings. The number of halogens is 6. The van der Waals surface area contributed by atoms with Gasteiger partial charge < -0.3 is 19.8 Å². The minimum Gasteiger partial charge on any atom is -0.475 e. The van der Waals surface area contributed by atoms with Crippen molar-refractivity contribution in [3.05, 3.63) is 30.1 Å². The van der Waals surface area contributed by atoms with Gasteiger partial charge in [0.05, 0.1) is 13.0 Å². The fourth-order valence-electron chi connectivity index (χ4n) is 4.51. The molecule has 9 nitrogen and oxygen atoms in total. The van der Waals surface area contributed by atoms with E-state index in [9.17, 15) is 31.1 Å².